The van der Waals surface area contributed by atoms with E-state index >= 15 is 4.39 Å². The van der Waals surface area contributed by atoms with Crippen LogP contribution in [0.5, 0.6) is 0 Å². The molecule has 1 aliphatic carbocycles. The summed E-state index contributed by atoms with van der Waals surface area (Å²) < 4.78 is 16.7. The van der Waals surface area contributed by atoms with Crippen LogP contribution in [-0.2, 0) is 4.79 Å². The van der Waals surface area contributed by atoms with E-state index in [0.29, 0.717) is 47.7 Å². The van der Waals surface area contributed by atoms with Crippen molar-refractivity contribution in [1.29, 1.82) is 0 Å². The molecule has 6 nitrogen and oxygen atoms in total. The maximum absolute atomic E-state index is 16.7. The van der Waals surface area contributed by atoms with Crippen LogP contribution in [-0.4, -0.2) is 90.6 Å². The van der Waals surface area contributed by atoms with Crippen molar-refractivity contribution >= 4 is 40.1 Å². The first-order valence-corrected chi connectivity index (χ1v) is 13.7. The number of carbonyl (C=O) groups is 1. The van der Waals surface area contributed by atoms with Crippen LogP contribution >= 0.6 is 11.6 Å². The molecule has 0 bridgehead atoms. The van der Waals surface area contributed by atoms with Crippen LogP contribution in [0.2, 0.25) is 0 Å². The minimum atomic E-state index is -0.460. The molecule has 5 rings (SSSR count). The Morgan fingerprint density at radius 3 is 2.51 bits per heavy atom. The van der Waals surface area contributed by atoms with Gasteiger partial charge in [-0.3, -0.25) is 4.79 Å². The summed E-state index contributed by atoms with van der Waals surface area (Å²) in [4.78, 5) is 24.4. The topological polar surface area (TPSA) is 42.4 Å². The smallest absolute Gasteiger partial charge is 0.210 e. The van der Waals surface area contributed by atoms with E-state index in [1.165, 1.54) is 0 Å². The summed E-state index contributed by atoms with van der Waals surface area (Å²) in [5.74, 6) is 0.0741. The Balaban J connectivity index is 1.60. The van der Waals surface area contributed by atoms with Gasteiger partial charge in [-0.05, 0) is 50.4 Å². The van der Waals surface area contributed by atoms with Crippen LogP contribution in [0.15, 0.2) is 88.1 Å². The fraction of sp³-hybridized carbons (Fsp3) is 0.355. The summed E-state index contributed by atoms with van der Waals surface area (Å²) in [5, 5.41) is 2.27. The lowest BCUT2D eigenvalue weighted by Gasteiger charge is -2.44. The molecule has 2 heterocycles. The summed E-state index contributed by atoms with van der Waals surface area (Å²) in [7, 11) is 4.11. The zero-order valence-electron chi connectivity index (χ0n) is 23.0. The van der Waals surface area contributed by atoms with Gasteiger partial charge in [0.2, 0.25) is 6.41 Å². The van der Waals surface area contributed by atoms with Gasteiger partial charge in [-0.25, -0.2) is 9.38 Å². The fourth-order valence-corrected chi connectivity index (χ4v) is 5.77. The Hall–Kier alpha value is -3.42. The molecule has 2 aromatic rings. The Morgan fingerprint density at radius 2 is 1.82 bits per heavy atom. The minimum Gasteiger partial charge on any atom is -0.371 e. The van der Waals surface area contributed by atoms with E-state index in [1.54, 1.807) is 4.90 Å². The summed E-state index contributed by atoms with van der Waals surface area (Å²) in [6.45, 7) is 11.7. The maximum Gasteiger partial charge on any atom is 0.210 e. The summed E-state index contributed by atoms with van der Waals surface area (Å²) in [6, 6.07) is 14.2. The maximum atomic E-state index is 16.7. The molecule has 1 amide bonds. The van der Waals surface area contributed by atoms with Crippen molar-refractivity contribution in [2.45, 2.75) is 25.9 Å². The van der Waals surface area contributed by atoms with Crippen molar-refractivity contribution in [2.24, 2.45) is 4.99 Å². The summed E-state index contributed by atoms with van der Waals surface area (Å²) >= 11 is 6.88. The number of benzene rings is 2. The molecule has 39 heavy (non-hydrogen) atoms. The molecule has 1 unspecified atom stereocenters. The number of nitrogens with zero attached hydrogens (tertiary/aromatic N) is 5. The van der Waals surface area contributed by atoms with Crippen LogP contribution in [0.1, 0.15) is 19.4 Å². The van der Waals surface area contributed by atoms with Crippen LogP contribution in [0.25, 0.3) is 16.3 Å². The highest BCUT2D eigenvalue weighted by molar-refractivity contribution is 6.41. The summed E-state index contributed by atoms with van der Waals surface area (Å²) in [6.07, 6.45) is 2.73. The number of likely N-dealkylation sites (N-methyl/N-ethyl adjacent to an activating group) is 1. The number of hydrogen-bond donors (Lipinski definition) is 0. The van der Waals surface area contributed by atoms with Crippen molar-refractivity contribution in [2.75, 3.05) is 46.8 Å². The molecule has 2 aromatic carbocycles. The molecule has 2 aliphatic heterocycles. The predicted octanol–water partition coefficient (Wildman–Crippen LogP) is 5.25. The molecule has 0 spiro atoms. The van der Waals surface area contributed by atoms with Gasteiger partial charge in [0.1, 0.15) is 11.5 Å². The molecule has 0 radical (unpaired) electrons. The van der Waals surface area contributed by atoms with Gasteiger partial charge in [-0.2, -0.15) is 0 Å². The molecule has 0 N–H and O–H groups in total. The molecular formula is C31H35ClFN5O. The van der Waals surface area contributed by atoms with Crippen molar-refractivity contribution in [3.05, 3.63) is 88.6 Å². The standard InChI is InChI=1S/C31H35ClFN5O/c1-20-16-36(13-14-37(20)19-39)21(2)27-15-28(32)29(26-12-8-10-23-9-6-7-11-25(23)26)30(33)31(27)34-22(3)38-17-24(18-38)35(4)5/h6-12,15,19-20,24H,3,13-14,16-18H2,1-2,4-5H3/b27-21+,34-31+. The highest BCUT2D eigenvalue weighted by atomic mass is 35.5. The lowest BCUT2D eigenvalue weighted by atomic mass is 9.90. The second-order valence-corrected chi connectivity index (χ2v) is 11.2. The largest absolute Gasteiger partial charge is 0.371 e. The number of carbonyl (C=O) groups excluding carboxylic acids is 1. The van der Waals surface area contributed by atoms with Gasteiger partial charge in [0.25, 0.3) is 0 Å². The molecule has 2 fully saturated rings. The third kappa shape index (κ3) is 5.13. The number of halogens is 2. The van der Waals surface area contributed by atoms with E-state index in [4.69, 9.17) is 16.6 Å². The van der Waals surface area contributed by atoms with Gasteiger partial charge in [-0.15, -0.1) is 0 Å². The number of rotatable bonds is 6. The Labute approximate surface area is 235 Å². The first kappa shape index (κ1) is 27.2. The number of fused-ring (bicyclic) bond motifs is 1. The molecule has 0 saturated carbocycles. The molecule has 204 valence electrons. The average molecular weight is 548 g/mol. The number of likely N-dealkylation sites (tertiary alicyclic amines) is 1. The molecule has 2 saturated heterocycles. The molecule has 0 aromatic heterocycles. The van der Waals surface area contributed by atoms with Gasteiger partial charge in [0.05, 0.1) is 5.03 Å². The Morgan fingerprint density at radius 1 is 1.10 bits per heavy atom. The number of aliphatic imine (C=N–C) groups is 1. The second kappa shape index (κ2) is 11.0. The summed E-state index contributed by atoms with van der Waals surface area (Å²) in [5.41, 5.74) is 2.82. The number of amides is 1. The lowest BCUT2D eigenvalue weighted by molar-refractivity contribution is -0.121. The number of hydrogen-bond acceptors (Lipinski definition) is 5. The van der Waals surface area contributed by atoms with Crippen LogP contribution in [0.4, 0.5) is 4.39 Å². The quantitative estimate of drug-likeness (QED) is 0.463. The highest BCUT2D eigenvalue weighted by Crippen LogP contribution is 2.41. The van der Waals surface area contributed by atoms with Gasteiger partial charge < -0.3 is 19.6 Å². The fourth-order valence-electron chi connectivity index (χ4n) is 5.48. The van der Waals surface area contributed by atoms with E-state index in [9.17, 15) is 4.79 Å². The van der Waals surface area contributed by atoms with E-state index in [-0.39, 0.29) is 11.8 Å². The third-order valence-corrected chi connectivity index (χ3v) is 8.43. The molecule has 1 atom stereocenters. The van der Waals surface area contributed by atoms with Crippen molar-refractivity contribution < 1.29 is 9.18 Å². The number of piperazine rings is 1. The number of allylic oxidation sites excluding steroid dienone is 6. The highest BCUT2D eigenvalue weighted by Gasteiger charge is 2.33. The van der Waals surface area contributed by atoms with E-state index < -0.39 is 5.83 Å². The normalized spacial score (nSPS) is 22.9. The first-order valence-electron chi connectivity index (χ1n) is 13.3. The van der Waals surface area contributed by atoms with E-state index in [1.807, 2.05) is 62.4 Å². The zero-order chi connectivity index (χ0) is 27.8. The van der Waals surface area contributed by atoms with E-state index in [2.05, 4.69) is 35.4 Å². The molecule has 3 aliphatic rings. The van der Waals surface area contributed by atoms with Crippen molar-refractivity contribution in [1.82, 2.24) is 19.6 Å². The second-order valence-electron chi connectivity index (χ2n) is 10.7. The van der Waals surface area contributed by atoms with Gasteiger partial charge >= 0.3 is 0 Å². The van der Waals surface area contributed by atoms with Crippen LogP contribution in [0.3, 0.4) is 0 Å². The Bertz CT molecular complexity index is 1430. The first-order chi connectivity index (χ1) is 18.7. The minimum absolute atomic E-state index is 0.0425. The lowest BCUT2D eigenvalue weighted by Crippen LogP contribution is -2.56. The molecular weight excluding hydrogens is 513 g/mol. The van der Waals surface area contributed by atoms with Crippen LogP contribution < -0.4 is 0 Å². The SMILES string of the molecule is C=C(/N=C1/C(F)=C(c2cccc3ccccc23)C(Cl)=C/C1=C(/C)N1CCN(C=O)C(C)C1)N1CC(N(C)C)C1. The van der Waals surface area contributed by atoms with Crippen molar-refractivity contribution in [3.63, 3.8) is 0 Å². The van der Waals surface area contributed by atoms with Gasteiger partial charge in [0, 0.05) is 61.7 Å². The van der Waals surface area contributed by atoms with Gasteiger partial charge in [-0.1, -0.05) is 60.6 Å². The monoisotopic (exact) mass is 547 g/mol. The third-order valence-electron chi connectivity index (χ3n) is 8.13. The van der Waals surface area contributed by atoms with Crippen molar-refractivity contribution in [3.8, 4) is 0 Å². The van der Waals surface area contributed by atoms with Gasteiger partial charge in [0.15, 0.2) is 5.83 Å². The Kier molecular flexibility index (Phi) is 7.65. The molecule has 8 heteroatoms. The zero-order valence-corrected chi connectivity index (χ0v) is 23.7. The van der Waals surface area contributed by atoms with Crippen LogP contribution in [0, 0.1) is 0 Å². The van der Waals surface area contributed by atoms with E-state index in [0.717, 1.165) is 41.5 Å². The average Bonchev–Trinajstić information content (AvgIpc) is 2.88. The predicted molar refractivity (Wildman–Crippen MR) is 158 cm³/mol.